The molecule has 0 radical (unpaired) electrons. The number of esters is 1. The highest BCUT2D eigenvalue weighted by Crippen LogP contribution is 2.48. The Kier molecular flexibility index (Phi) is 4.00. The van der Waals surface area contributed by atoms with Gasteiger partial charge in [0.2, 0.25) is 0 Å². The van der Waals surface area contributed by atoms with E-state index < -0.39 is 11.0 Å². The molecule has 0 aliphatic carbocycles. The summed E-state index contributed by atoms with van der Waals surface area (Å²) in [5, 5.41) is 10.9. The van der Waals surface area contributed by atoms with Crippen molar-refractivity contribution in [3.8, 4) is 0 Å². The quantitative estimate of drug-likeness (QED) is 0.756. The summed E-state index contributed by atoms with van der Waals surface area (Å²) in [6.07, 6.45) is 2.75. The molecule has 0 aromatic rings. The predicted molar refractivity (Wildman–Crippen MR) is 66.0 cm³/mol. The van der Waals surface area contributed by atoms with Crippen LogP contribution in [0.15, 0.2) is 0 Å². The van der Waals surface area contributed by atoms with Gasteiger partial charge in [-0.05, 0) is 18.6 Å². The van der Waals surface area contributed by atoms with Crippen LogP contribution in [0.3, 0.4) is 0 Å². The molecule has 0 aromatic carbocycles. The van der Waals surface area contributed by atoms with Crippen molar-refractivity contribution in [1.82, 2.24) is 0 Å². The number of hydrogen-bond acceptors (Lipinski definition) is 5. The maximum Gasteiger partial charge on any atom is 0.315 e. The van der Waals surface area contributed by atoms with Crippen molar-refractivity contribution in [3.05, 3.63) is 0 Å². The largest absolute Gasteiger partial charge is 0.468 e. The third-order valence-corrected chi connectivity index (χ3v) is 5.30. The highest BCUT2D eigenvalue weighted by Gasteiger charge is 2.57. The minimum atomic E-state index is -0.953. The number of carbonyl (C=O) groups is 1. The van der Waals surface area contributed by atoms with Crippen LogP contribution in [0, 0.1) is 5.41 Å². The van der Waals surface area contributed by atoms with E-state index in [0.717, 1.165) is 18.6 Å². The highest BCUT2D eigenvalue weighted by molar-refractivity contribution is 7.99. The minimum absolute atomic E-state index is 0.255. The second-order valence-electron chi connectivity index (χ2n) is 4.87. The molecule has 2 rings (SSSR count). The van der Waals surface area contributed by atoms with Gasteiger partial charge in [0.25, 0.3) is 0 Å². The molecule has 98 valence electrons. The van der Waals surface area contributed by atoms with E-state index in [1.165, 1.54) is 7.11 Å². The molecule has 17 heavy (non-hydrogen) atoms. The summed E-state index contributed by atoms with van der Waals surface area (Å²) in [5.74, 6) is 1.47. The SMILES string of the molecule is COC(=O)C1(C2(O)CCOCC2)CCCSC1. The lowest BCUT2D eigenvalue weighted by Gasteiger charge is -2.48. The third-order valence-electron chi connectivity index (χ3n) is 4.03. The number of aliphatic hydroxyl groups is 1. The lowest BCUT2D eigenvalue weighted by atomic mass is 9.66. The molecule has 2 fully saturated rings. The van der Waals surface area contributed by atoms with E-state index in [2.05, 4.69) is 0 Å². The fraction of sp³-hybridized carbons (Fsp3) is 0.917. The molecule has 0 aromatic heterocycles. The number of ether oxygens (including phenoxy) is 2. The lowest BCUT2D eigenvalue weighted by Crippen LogP contribution is -2.58. The summed E-state index contributed by atoms with van der Waals surface area (Å²) < 4.78 is 10.3. The first kappa shape index (κ1) is 13.2. The Balaban J connectivity index is 2.27. The summed E-state index contributed by atoms with van der Waals surface area (Å²) in [7, 11) is 1.41. The van der Waals surface area contributed by atoms with Crippen LogP contribution in [0.5, 0.6) is 0 Å². The van der Waals surface area contributed by atoms with Crippen molar-refractivity contribution < 1.29 is 19.4 Å². The van der Waals surface area contributed by atoms with Gasteiger partial charge in [0.1, 0.15) is 5.41 Å². The Hall–Kier alpha value is -0.260. The Bertz CT molecular complexity index is 280. The fourth-order valence-electron chi connectivity index (χ4n) is 2.90. The first-order valence-corrected chi connectivity index (χ1v) is 7.26. The van der Waals surface area contributed by atoms with Gasteiger partial charge in [0.05, 0.1) is 12.7 Å². The van der Waals surface area contributed by atoms with Crippen molar-refractivity contribution in [2.75, 3.05) is 31.8 Å². The molecule has 1 unspecified atom stereocenters. The Morgan fingerprint density at radius 3 is 2.59 bits per heavy atom. The van der Waals surface area contributed by atoms with E-state index in [0.29, 0.717) is 31.8 Å². The van der Waals surface area contributed by atoms with E-state index in [9.17, 15) is 9.90 Å². The van der Waals surface area contributed by atoms with Crippen molar-refractivity contribution >= 4 is 17.7 Å². The number of methoxy groups -OCH3 is 1. The Morgan fingerprint density at radius 2 is 2.06 bits per heavy atom. The summed E-state index contributed by atoms with van der Waals surface area (Å²) in [5.41, 5.74) is -1.68. The molecule has 2 saturated heterocycles. The standard InChI is InChI=1S/C12H20O4S/c1-15-10(13)11(3-2-8-17-9-11)12(14)4-6-16-7-5-12/h14H,2-9H2,1H3. The minimum Gasteiger partial charge on any atom is -0.468 e. The van der Waals surface area contributed by atoms with Gasteiger partial charge in [-0.1, -0.05) is 0 Å². The van der Waals surface area contributed by atoms with Crippen LogP contribution in [-0.2, 0) is 14.3 Å². The van der Waals surface area contributed by atoms with E-state index in [1.54, 1.807) is 11.8 Å². The van der Waals surface area contributed by atoms with Crippen LogP contribution in [0.2, 0.25) is 0 Å². The van der Waals surface area contributed by atoms with Crippen LogP contribution >= 0.6 is 11.8 Å². The van der Waals surface area contributed by atoms with Crippen LogP contribution in [0.25, 0.3) is 0 Å². The summed E-state index contributed by atoms with van der Waals surface area (Å²) in [4.78, 5) is 12.2. The molecule has 2 aliphatic heterocycles. The van der Waals surface area contributed by atoms with Gasteiger partial charge in [-0.25, -0.2) is 0 Å². The van der Waals surface area contributed by atoms with Crippen LogP contribution in [0.4, 0.5) is 0 Å². The van der Waals surface area contributed by atoms with Gasteiger partial charge >= 0.3 is 5.97 Å². The molecule has 0 spiro atoms. The zero-order valence-corrected chi connectivity index (χ0v) is 11.1. The molecule has 0 bridgehead atoms. The molecule has 4 nitrogen and oxygen atoms in total. The van der Waals surface area contributed by atoms with Crippen molar-refractivity contribution in [2.24, 2.45) is 5.41 Å². The number of hydrogen-bond donors (Lipinski definition) is 1. The van der Waals surface area contributed by atoms with Crippen molar-refractivity contribution in [1.29, 1.82) is 0 Å². The smallest absolute Gasteiger partial charge is 0.315 e. The van der Waals surface area contributed by atoms with Gasteiger partial charge in [-0.2, -0.15) is 11.8 Å². The molecular weight excluding hydrogens is 240 g/mol. The Labute approximate surface area is 106 Å². The van der Waals surface area contributed by atoms with Gasteiger partial charge in [0.15, 0.2) is 0 Å². The number of carbonyl (C=O) groups excluding carboxylic acids is 1. The molecule has 1 N–H and O–H groups in total. The van der Waals surface area contributed by atoms with E-state index in [-0.39, 0.29) is 5.97 Å². The zero-order chi connectivity index (χ0) is 12.4. The van der Waals surface area contributed by atoms with Crippen LogP contribution in [0.1, 0.15) is 25.7 Å². The summed E-state index contributed by atoms with van der Waals surface area (Å²) in [6, 6.07) is 0. The average molecular weight is 260 g/mol. The average Bonchev–Trinajstić information content (AvgIpc) is 2.39. The maximum absolute atomic E-state index is 12.2. The van der Waals surface area contributed by atoms with Crippen LogP contribution < -0.4 is 0 Å². The van der Waals surface area contributed by atoms with Crippen molar-refractivity contribution in [3.63, 3.8) is 0 Å². The molecular formula is C12H20O4S. The fourth-order valence-corrected chi connectivity index (χ4v) is 4.27. The summed E-state index contributed by atoms with van der Waals surface area (Å²) in [6.45, 7) is 1.06. The third kappa shape index (κ3) is 2.20. The topological polar surface area (TPSA) is 55.8 Å². The van der Waals surface area contributed by atoms with E-state index in [4.69, 9.17) is 9.47 Å². The lowest BCUT2D eigenvalue weighted by molar-refractivity contribution is -0.184. The van der Waals surface area contributed by atoms with Gasteiger partial charge in [-0.15, -0.1) is 0 Å². The van der Waals surface area contributed by atoms with Gasteiger partial charge in [0, 0.05) is 31.8 Å². The second kappa shape index (κ2) is 5.16. The van der Waals surface area contributed by atoms with Gasteiger partial charge < -0.3 is 14.6 Å². The Morgan fingerprint density at radius 1 is 1.35 bits per heavy atom. The second-order valence-corrected chi connectivity index (χ2v) is 5.98. The first-order chi connectivity index (χ1) is 8.15. The maximum atomic E-state index is 12.2. The number of thioether (sulfide) groups is 1. The highest BCUT2D eigenvalue weighted by atomic mass is 32.2. The molecule has 0 saturated carbocycles. The van der Waals surface area contributed by atoms with E-state index >= 15 is 0 Å². The monoisotopic (exact) mass is 260 g/mol. The molecule has 2 aliphatic rings. The summed E-state index contributed by atoms with van der Waals surface area (Å²) >= 11 is 1.74. The molecule has 5 heteroatoms. The van der Waals surface area contributed by atoms with Gasteiger partial charge in [-0.3, -0.25) is 4.79 Å². The number of rotatable bonds is 2. The predicted octanol–water partition coefficient (Wildman–Crippen LogP) is 1.21. The zero-order valence-electron chi connectivity index (χ0n) is 10.2. The molecule has 1 atom stereocenters. The van der Waals surface area contributed by atoms with E-state index in [1.807, 2.05) is 0 Å². The molecule has 2 heterocycles. The molecule has 0 amide bonds. The van der Waals surface area contributed by atoms with Crippen molar-refractivity contribution in [2.45, 2.75) is 31.3 Å². The van der Waals surface area contributed by atoms with Crippen LogP contribution in [-0.4, -0.2) is 48.5 Å². The first-order valence-electron chi connectivity index (χ1n) is 6.11. The normalized spacial score (nSPS) is 33.1.